The van der Waals surface area contributed by atoms with Gasteiger partial charge in [0.2, 0.25) is 5.91 Å². The molecule has 0 unspecified atom stereocenters. The first-order valence-corrected chi connectivity index (χ1v) is 9.27. The number of carbonyl (C=O) groups is 1. The van der Waals surface area contributed by atoms with Gasteiger partial charge in [0.25, 0.3) is 0 Å². The van der Waals surface area contributed by atoms with Gasteiger partial charge in [-0.25, -0.2) is 0 Å². The van der Waals surface area contributed by atoms with Crippen LogP contribution in [0.5, 0.6) is 0 Å². The normalized spacial score (nSPS) is 16.5. The summed E-state index contributed by atoms with van der Waals surface area (Å²) < 4.78 is 0. The lowest BCUT2D eigenvalue weighted by Crippen LogP contribution is -2.42. The van der Waals surface area contributed by atoms with Crippen molar-refractivity contribution in [2.24, 2.45) is 0 Å². The van der Waals surface area contributed by atoms with Gasteiger partial charge in [-0.2, -0.15) is 0 Å². The van der Waals surface area contributed by atoms with Gasteiger partial charge in [-0.1, -0.05) is 67.8 Å². The van der Waals surface area contributed by atoms with Crippen LogP contribution in [0, 0.1) is 0 Å². The van der Waals surface area contributed by atoms with E-state index >= 15 is 0 Å². The molecule has 1 rings (SSSR count). The number of halogens is 1. The van der Waals surface area contributed by atoms with Gasteiger partial charge in [-0.15, -0.1) is 0 Å². The van der Waals surface area contributed by atoms with E-state index in [0.717, 1.165) is 24.7 Å². The Kier molecular flexibility index (Phi) is 9.58. The van der Waals surface area contributed by atoms with Gasteiger partial charge in [0, 0.05) is 24.3 Å². The van der Waals surface area contributed by atoms with E-state index in [0.29, 0.717) is 11.9 Å². The minimum atomic E-state index is 0.392. The summed E-state index contributed by atoms with van der Waals surface area (Å²) >= 11 is 3.49. The third-order valence-electron chi connectivity index (χ3n) is 4.16. The van der Waals surface area contributed by atoms with Crippen molar-refractivity contribution >= 4 is 21.8 Å². The van der Waals surface area contributed by atoms with Crippen molar-refractivity contribution in [2.45, 2.75) is 83.6 Å². The molecular weight excluding hydrogens is 302 g/mol. The maximum absolute atomic E-state index is 12.4. The molecule has 0 spiro atoms. The van der Waals surface area contributed by atoms with E-state index in [1.54, 1.807) is 0 Å². The zero-order chi connectivity index (χ0) is 13.9. The maximum atomic E-state index is 12.4. The molecule has 0 N–H and O–H groups in total. The maximum Gasteiger partial charge on any atom is 0.222 e. The van der Waals surface area contributed by atoms with E-state index < -0.39 is 0 Å². The second kappa shape index (κ2) is 10.7. The average molecular weight is 332 g/mol. The van der Waals surface area contributed by atoms with E-state index in [2.05, 4.69) is 27.8 Å². The topological polar surface area (TPSA) is 20.3 Å². The summed E-state index contributed by atoms with van der Waals surface area (Å²) in [4.78, 5) is 14.5. The van der Waals surface area contributed by atoms with Crippen LogP contribution >= 0.6 is 15.9 Å². The number of nitrogens with zero attached hydrogens (tertiary/aromatic N) is 1. The highest BCUT2D eigenvalue weighted by molar-refractivity contribution is 9.09. The number of carbonyl (C=O) groups excluding carboxylic acids is 1. The number of rotatable bonds is 9. The van der Waals surface area contributed by atoms with E-state index in [4.69, 9.17) is 0 Å². The SMILES string of the molecule is CCCCCCCC(=O)N(CCBr)C1CCCCC1. The van der Waals surface area contributed by atoms with Crippen LogP contribution in [0.4, 0.5) is 0 Å². The first-order chi connectivity index (χ1) is 9.29. The van der Waals surface area contributed by atoms with Crippen molar-refractivity contribution in [3.05, 3.63) is 0 Å². The first kappa shape index (κ1) is 17.0. The average Bonchev–Trinajstić information content (AvgIpc) is 2.45. The Hall–Kier alpha value is -0.0500. The van der Waals surface area contributed by atoms with E-state index in [1.807, 2.05) is 0 Å². The molecule has 1 aliphatic rings. The molecule has 0 saturated heterocycles. The van der Waals surface area contributed by atoms with E-state index in [1.165, 1.54) is 57.8 Å². The van der Waals surface area contributed by atoms with Gasteiger partial charge in [0.15, 0.2) is 0 Å². The van der Waals surface area contributed by atoms with Crippen molar-refractivity contribution in [1.29, 1.82) is 0 Å². The molecule has 1 saturated carbocycles. The number of amides is 1. The van der Waals surface area contributed by atoms with Crippen LogP contribution in [0.2, 0.25) is 0 Å². The fraction of sp³-hybridized carbons (Fsp3) is 0.938. The molecule has 0 radical (unpaired) electrons. The molecule has 0 heterocycles. The molecule has 19 heavy (non-hydrogen) atoms. The van der Waals surface area contributed by atoms with E-state index in [-0.39, 0.29) is 0 Å². The molecule has 0 aliphatic heterocycles. The third kappa shape index (κ3) is 6.78. The molecule has 3 heteroatoms. The van der Waals surface area contributed by atoms with Crippen molar-refractivity contribution in [3.8, 4) is 0 Å². The molecular formula is C16H30BrNO. The Labute approximate surface area is 127 Å². The smallest absolute Gasteiger partial charge is 0.222 e. The predicted octanol–water partition coefficient (Wildman–Crippen LogP) is 4.90. The zero-order valence-corrected chi connectivity index (χ0v) is 14.1. The first-order valence-electron chi connectivity index (χ1n) is 8.15. The fourth-order valence-electron chi connectivity index (χ4n) is 3.02. The molecule has 1 amide bonds. The second-order valence-electron chi connectivity index (χ2n) is 5.73. The Morgan fingerprint density at radius 2 is 1.79 bits per heavy atom. The Bertz CT molecular complexity index is 239. The van der Waals surface area contributed by atoms with Gasteiger partial charge >= 0.3 is 0 Å². The third-order valence-corrected chi connectivity index (χ3v) is 4.51. The largest absolute Gasteiger partial charge is 0.339 e. The second-order valence-corrected chi connectivity index (χ2v) is 6.53. The summed E-state index contributed by atoms with van der Waals surface area (Å²) in [5.41, 5.74) is 0. The monoisotopic (exact) mass is 331 g/mol. The van der Waals surface area contributed by atoms with Gasteiger partial charge < -0.3 is 4.90 Å². The van der Waals surface area contributed by atoms with Crippen LogP contribution < -0.4 is 0 Å². The van der Waals surface area contributed by atoms with Crippen LogP contribution in [0.3, 0.4) is 0 Å². The Morgan fingerprint density at radius 1 is 1.11 bits per heavy atom. The van der Waals surface area contributed by atoms with Gasteiger partial charge in [0.05, 0.1) is 0 Å². The van der Waals surface area contributed by atoms with Gasteiger partial charge in [-0.05, 0) is 19.3 Å². The van der Waals surface area contributed by atoms with Crippen molar-refractivity contribution in [3.63, 3.8) is 0 Å². The van der Waals surface area contributed by atoms with Crippen molar-refractivity contribution in [1.82, 2.24) is 4.90 Å². The fourth-order valence-corrected chi connectivity index (χ4v) is 3.40. The molecule has 0 bridgehead atoms. The Morgan fingerprint density at radius 3 is 2.42 bits per heavy atom. The lowest BCUT2D eigenvalue weighted by atomic mass is 9.94. The van der Waals surface area contributed by atoms with Crippen molar-refractivity contribution in [2.75, 3.05) is 11.9 Å². The highest BCUT2D eigenvalue weighted by Gasteiger charge is 2.24. The summed E-state index contributed by atoms with van der Waals surface area (Å²) in [5, 5.41) is 0.908. The lowest BCUT2D eigenvalue weighted by Gasteiger charge is -2.34. The highest BCUT2D eigenvalue weighted by atomic mass is 79.9. The molecule has 1 aliphatic carbocycles. The van der Waals surface area contributed by atoms with Crippen LogP contribution in [0.25, 0.3) is 0 Å². The minimum Gasteiger partial charge on any atom is -0.339 e. The molecule has 2 nitrogen and oxygen atoms in total. The van der Waals surface area contributed by atoms with Gasteiger partial charge in [0.1, 0.15) is 0 Å². The quantitative estimate of drug-likeness (QED) is 0.434. The molecule has 0 atom stereocenters. The molecule has 0 aromatic rings. The van der Waals surface area contributed by atoms with Crippen LogP contribution in [-0.4, -0.2) is 28.7 Å². The summed E-state index contributed by atoms with van der Waals surface area (Å²) in [6.45, 7) is 3.12. The zero-order valence-electron chi connectivity index (χ0n) is 12.5. The number of alkyl halides is 1. The van der Waals surface area contributed by atoms with Crippen LogP contribution in [0.1, 0.15) is 77.6 Å². The van der Waals surface area contributed by atoms with Gasteiger partial charge in [-0.3, -0.25) is 4.79 Å². The number of unbranched alkanes of at least 4 members (excludes halogenated alkanes) is 4. The molecule has 1 fully saturated rings. The molecule has 0 aromatic carbocycles. The van der Waals surface area contributed by atoms with Crippen molar-refractivity contribution < 1.29 is 4.79 Å². The lowest BCUT2D eigenvalue weighted by molar-refractivity contribution is -0.134. The summed E-state index contributed by atoms with van der Waals surface area (Å²) in [7, 11) is 0. The standard InChI is InChI=1S/C16H30BrNO/c1-2-3-4-5-9-12-16(19)18(14-13-17)15-10-7-6-8-11-15/h15H,2-14H2,1H3. The Balaban J connectivity index is 2.30. The highest BCUT2D eigenvalue weighted by Crippen LogP contribution is 2.23. The van der Waals surface area contributed by atoms with E-state index in [9.17, 15) is 4.79 Å². The van der Waals surface area contributed by atoms with Crippen LogP contribution in [-0.2, 0) is 4.79 Å². The predicted molar refractivity (Wildman–Crippen MR) is 85.8 cm³/mol. The summed E-state index contributed by atoms with van der Waals surface area (Å²) in [6, 6.07) is 0.523. The number of hydrogen-bond acceptors (Lipinski definition) is 1. The molecule has 0 aromatic heterocycles. The summed E-state index contributed by atoms with van der Waals surface area (Å²) in [6.07, 6.45) is 13.3. The number of hydrogen-bond donors (Lipinski definition) is 0. The molecule has 112 valence electrons. The minimum absolute atomic E-state index is 0.392. The van der Waals surface area contributed by atoms with Crippen LogP contribution in [0.15, 0.2) is 0 Å². The summed E-state index contributed by atoms with van der Waals surface area (Å²) in [5.74, 6) is 0.392.